The predicted octanol–water partition coefficient (Wildman–Crippen LogP) is 7.09. The third-order valence-electron chi connectivity index (χ3n) is 7.46. The van der Waals surface area contributed by atoms with Crippen LogP contribution in [0.25, 0.3) is 16.6 Å². The van der Waals surface area contributed by atoms with E-state index in [1.807, 2.05) is 12.1 Å². The first kappa shape index (κ1) is 25.1. The maximum absolute atomic E-state index is 13.8. The van der Waals surface area contributed by atoms with Gasteiger partial charge in [0.15, 0.2) is 0 Å². The molecule has 0 radical (unpaired) electrons. The zero-order valence-corrected chi connectivity index (χ0v) is 21.4. The summed E-state index contributed by atoms with van der Waals surface area (Å²) < 4.78 is 27.8. The smallest absolute Gasteiger partial charge is 0.338 e. The number of aryl methyl sites for hydroxylation is 1. The van der Waals surface area contributed by atoms with Crippen LogP contribution in [0.5, 0.6) is 5.75 Å². The van der Waals surface area contributed by atoms with Crippen LogP contribution in [0, 0.1) is 5.82 Å². The Morgan fingerprint density at radius 1 is 1.08 bits per heavy atom. The monoisotopic (exact) mass is 505 g/mol. The number of phenolic OH excluding ortho intramolecular Hbond substituents is 1. The number of aromatic nitrogens is 1. The van der Waals surface area contributed by atoms with Gasteiger partial charge in [0, 0.05) is 34.2 Å². The van der Waals surface area contributed by atoms with Crippen molar-refractivity contribution in [2.24, 2.45) is 0 Å². The number of unbranched alkanes of at least 4 members (excludes halogenated alkanes) is 2. The summed E-state index contributed by atoms with van der Waals surface area (Å²) in [6.07, 6.45) is 5.38. The van der Waals surface area contributed by atoms with E-state index in [1.54, 1.807) is 24.3 Å². The Morgan fingerprint density at radius 3 is 2.54 bits per heavy atom. The van der Waals surface area contributed by atoms with Crippen LogP contribution in [-0.2, 0) is 22.2 Å². The summed E-state index contributed by atoms with van der Waals surface area (Å²) in [5.41, 5.74) is 2.98. The number of furan rings is 1. The first-order valence-electron chi connectivity index (χ1n) is 12.7. The first-order valence-corrected chi connectivity index (χ1v) is 12.7. The van der Waals surface area contributed by atoms with Crippen molar-refractivity contribution < 1.29 is 28.6 Å². The first-order chi connectivity index (χ1) is 17.6. The van der Waals surface area contributed by atoms with E-state index in [4.69, 9.17) is 14.3 Å². The highest BCUT2D eigenvalue weighted by molar-refractivity contribution is 5.94. The lowest BCUT2D eigenvalue weighted by Crippen LogP contribution is -2.42. The van der Waals surface area contributed by atoms with E-state index in [0.29, 0.717) is 18.8 Å². The van der Waals surface area contributed by atoms with Crippen molar-refractivity contribution in [2.75, 3.05) is 6.61 Å². The highest BCUT2D eigenvalue weighted by Gasteiger charge is 2.45. The fourth-order valence-corrected chi connectivity index (χ4v) is 5.58. The highest BCUT2D eigenvalue weighted by Crippen LogP contribution is 2.51. The van der Waals surface area contributed by atoms with Crippen molar-refractivity contribution in [3.8, 4) is 11.4 Å². The van der Waals surface area contributed by atoms with Crippen molar-refractivity contribution >= 4 is 16.9 Å². The van der Waals surface area contributed by atoms with Gasteiger partial charge in [0.25, 0.3) is 0 Å². The minimum absolute atomic E-state index is 0.172. The fraction of sp³-hybridized carbons (Fsp3) is 0.367. The lowest BCUT2D eigenvalue weighted by atomic mass is 9.76. The number of nitrogens with zero attached hydrogens (tertiary/aromatic N) is 1. The van der Waals surface area contributed by atoms with Crippen LogP contribution in [0.1, 0.15) is 73.8 Å². The Balaban J connectivity index is 1.46. The molecule has 0 spiro atoms. The van der Waals surface area contributed by atoms with Gasteiger partial charge in [-0.15, -0.1) is 0 Å². The molecule has 1 atom stereocenters. The van der Waals surface area contributed by atoms with Crippen molar-refractivity contribution in [2.45, 2.75) is 63.9 Å². The van der Waals surface area contributed by atoms with Crippen molar-refractivity contribution in [3.05, 3.63) is 83.2 Å². The molecule has 2 aromatic heterocycles. The number of hydrogen-bond donors (Lipinski definition) is 2. The summed E-state index contributed by atoms with van der Waals surface area (Å²) in [7, 11) is 0. The van der Waals surface area contributed by atoms with E-state index in [0.717, 1.165) is 53.5 Å². The summed E-state index contributed by atoms with van der Waals surface area (Å²) in [5.74, 6) is -0.403. The number of carbonyl (C=O) groups is 1. The van der Waals surface area contributed by atoms with Gasteiger partial charge in [-0.3, -0.25) is 0 Å². The van der Waals surface area contributed by atoms with E-state index in [1.165, 1.54) is 18.4 Å². The standard InChI is InChI=1S/C30H32FNO5/c1-29(2)18-37-30(3,15-6-4-5-8-22-16-19(17-36-22)28(34)35)26-25-23(9-7-10-24(25)33)32(27(26)29)21-13-11-20(31)12-14-21/h7,9-14,16-17,33H,4-6,8,15,18H2,1-3H3,(H,34,35). The quantitative estimate of drug-likeness (QED) is 0.250. The number of aromatic hydroxyl groups is 1. The van der Waals surface area contributed by atoms with Crippen molar-refractivity contribution in [3.63, 3.8) is 0 Å². The number of aromatic carboxylic acids is 1. The van der Waals surface area contributed by atoms with Crippen LogP contribution in [0.15, 0.2) is 59.2 Å². The van der Waals surface area contributed by atoms with Crippen LogP contribution >= 0.6 is 0 Å². The fourth-order valence-electron chi connectivity index (χ4n) is 5.58. The normalized spacial score (nSPS) is 18.7. The van der Waals surface area contributed by atoms with Crippen LogP contribution < -0.4 is 0 Å². The molecule has 0 aliphatic carbocycles. The number of ether oxygens (including phenoxy) is 1. The third kappa shape index (κ3) is 4.53. The second-order valence-electron chi connectivity index (χ2n) is 10.8. The van der Waals surface area contributed by atoms with Gasteiger partial charge in [0.1, 0.15) is 23.6 Å². The van der Waals surface area contributed by atoms with Gasteiger partial charge in [-0.2, -0.15) is 0 Å². The molecule has 1 unspecified atom stereocenters. The van der Waals surface area contributed by atoms with Gasteiger partial charge in [-0.05, 0) is 62.2 Å². The molecule has 194 valence electrons. The van der Waals surface area contributed by atoms with Crippen LogP contribution in [0.4, 0.5) is 4.39 Å². The van der Waals surface area contributed by atoms with E-state index >= 15 is 0 Å². The average Bonchev–Trinajstić information content (AvgIpc) is 3.47. The lowest BCUT2D eigenvalue weighted by molar-refractivity contribution is -0.0783. The topological polar surface area (TPSA) is 84.8 Å². The molecule has 0 fully saturated rings. The van der Waals surface area contributed by atoms with Crippen LogP contribution in [0.2, 0.25) is 0 Å². The summed E-state index contributed by atoms with van der Waals surface area (Å²) in [6, 6.07) is 13.6. The molecule has 3 heterocycles. The Labute approximate surface area is 215 Å². The molecule has 37 heavy (non-hydrogen) atoms. The minimum Gasteiger partial charge on any atom is -0.507 e. The van der Waals surface area contributed by atoms with Crippen molar-refractivity contribution in [1.82, 2.24) is 4.57 Å². The predicted molar refractivity (Wildman–Crippen MR) is 139 cm³/mol. The SMILES string of the molecule is CC1(C)COC(C)(CCCCCc2cc(C(=O)O)co2)c2c1n(-c1ccc(F)cc1)c1cccc(O)c21. The van der Waals surface area contributed by atoms with Gasteiger partial charge in [0.05, 0.1) is 23.3 Å². The molecule has 5 rings (SSSR count). The number of benzene rings is 2. The Bertz CT molecular complexity index is 1450. The molecular weight excluding hydrogens is 473 g/mol. The second-order valence-corrected chi connectivity index (χ2v) is 10.8. The van der Waals surface area contributed by atoms with Gasteiger partial charge in [-0.25, -0.2) is 9.18 Å². The Morgan fingerprint density at radius 2 is 1.84 bits per heavy atom. The van der Waals surface area contributed by atoms with Gasteiger partial charge in [0.2, 0.25) is 0 Å². The summed E-state index contributed by atoms with van der Waals surface area (Å²) in [4.78, 5) is 11.1. The molecule has 0 amide bonds. The average molecular weight is 506 g/mol. The van der Waals surface area contributed by atoms with Crippen LogP contribution in [-0.4, -0.2) is 27.4 Å². The molecule has 0 saturated heterocycles. The van der Waals surface area contributed by atoms with E-state index in [-0.39, 0.29) is 22.5 Å². The number of carboxylic acids is 1. The van der Waals surface area contributed by atoms with Gasteiger partial charge >= 0.3 is 5.97 Å². The Hall–Kier alpha value is -3.58. The van der Waals surface area contributed by atoms with Gasteiger partial charge < -0.3 is 23.9 Å². The molecule has 2 aromatic carbocycles. The molecular formula is C30H32FNO5. The third-order valence-corrected chi connectivity index (χ3v) is 7.46. The molecule has 2 N–H and O–H groups in total. The van der Waals surface area contributed by atoms with E-state index in [9.17, 15) is 14.3 Å². The zero-order chi connectivity index (χ0) is 26.4. The minimum atomic E-state index is -0.987. The molecule has 4 aromatic rings. The van der Waals surface area contributed by atoms with Crippen LogP contribution in [0.3, 0.4) is 0 Å². The maximum atomic E-state index is 13.8. The number of phenols is 1. The van der Waals surface area contributed by atoms with Gasteiger partial charge in [-0.1, -0.05) is 32.8 Å². The molecule has 0 saturated carbocycles. The highest BCUT2D eigenvalue weighted by atomic mass is 19.1. The number of hydrogen-bond acceptors (Lipinski definition) is 4. The number of rotatable bonds is 8. The maximum Gasteiger partial charge on any atom is 0.338 e. The molecule has 1 aliphatic heterocycles. The zero-order valence-electron chi connectivity index (χ0n) is 21.4. The molecule has 6 nitrogen and oxygen atoms in total. The number of carboxylic acid groups (broad SMARTS) is 1. The molecule has 7 heteroatoms. The summed E-state index contributed by atoms with van der Waals surface area (Å²) in [6.45, 7) is 6.87. The van der Waals surface area contributed by atoms with E-state index < -0.39 is 11.6 Å². The number of halogens is 1. The van der Waals surface area contributed by atoms with E-state index in [2.05, 4.69) is 25.3 Å². The summed E-state index contributed by atoms with van der Waals surface area (Å²) >= 11 is 0. The molecule has 1 aliphatic rings. The Kier molecular flexibility index (Phi) is 6.36. The summed E-state index contributed by atoms with van der Waals surface area (Å²) in [5, 5.41) is 20.9. The lowest BCUT2D eigenvalue weighted by Gasteiger charge is -2.43. The largest absolute Gasteiger partial charge is 0.507 e. The number of fused-ring (bicyclic) bond motifs is 3. The molecule has 0 bridgehead atoms. The second kappa shape index (κ2) is 9.38. The van der Waals surface area contributed by atoms with Crippen molar-refractivity contribution in [1.29, 1.82) is 0 Å².